The van der Waals surface area contributed by atoms with E-state index in [0.717, 1.165) is 0 Å². The summed E-state index contributed by atoms with van der Waals surface area (Å²) in [6.07, 6.45) is 0.531. The van der Waals surface area contributed by atoms with Crippen LogP contribution in [0, 0.1) is 0 Å². The summed E-state index contributed by atoms with van der Waals surface area (Å²) in [7, 11) is 0. The van der Waals surface area contributed by atoms with Crippen molar-refractivity contribution in [1.82, 2.24) is 15.1 Å². The van der Waals surface area contributed by atoms with Crippen LogP contribution in [-0.4, -0.2) is 72.6 Å². The van der Waals surface area contributed by atoms with Gasteiger partial charge in [0.05, 0.1) is 30.5 Å². The molecule has 2 unspecified atom stereocenters. The van der Waals surface area contributed by atoms with E-state index < -0.39 is 12.1 Å². The number of benzene rings is 1. The number of hydrogen-bond acceptors (Lipinski definition) is 4. The highest BCUT2D eigenvalue weighted by molar-refractivity contribution is 6.31. The molecule has 4 rings (SSSR count). The van der Waals surface area contributed by atoms with Gasteiger partial charge in [-0.15, -0.1) is 0 Å². The zero-order valence-corrected chi connectivity index (χ0v) is 14.8. The first-order valence-corrected chi connectivity index (χ1v) is 8.97. The van der Waals surface area contributed by atoms with Crippen molar-refractivity contribution >= 4 is 35.1 Å². The van der Waals surface area contributed by atoms with E-state index in [1.165, 1.54) is 4.90 Å². The zero-order valence-electron chi connectivity index (χ0n) is 14.0. The van der Waals surface area contributed by atoms with Gasteiger partial charge in [-0.3, -0.25) is 9.59 Å². The first kappa shape index (κ1) is 17.1. The lowest BCUT2D eigenvalue weighted by molar-refractivity contribution is -0.120. The van der Waals surface area contributed by atoms with Gasteiger partial charge in [0.1, 0.15) is 6.04 Å². The summed E-state index contributed by atoms with van der Waals surface area (Å²) < 4.78 is 5.25. The van der Waals surface area contributed by atoms with Crippen LogP contribution in [0.1, 0.15) is 16.8 Å². The predicted octanol–water partition coefficient (Wildman–Crippen LogP) is 0.917. The number of rotatable bonds is 1. The molecule has 8 nitrogen and oxygen atoms in total. The molecule has 2 fully saturated rings. The fraction of sp³-hybridized carbons (Fsp3) is 0.471. The van der Waals surface area contributed by atoms with Crippen molar-refractivity contribution in [2.24, 2.45) is 0 Å². The first-order chi connectivity index (χ1) is 12.5. The second-order valence-electron chi connectivity index (χ2n) is 6.57. The molecule has 0 aromatic heterocycles. The van der Waals surface area contributed by atoms with E-state index in [1.54, 1.807) is 23.1 Å². The van der Waals surface area contributed by atoms with Gasteiger partial charge < -0.3 is 25.2 Å². The van der Waals surface area contributed by atoms with Crippen molar-refractivity contribution in [3.05, 3.63) is 28.8 Å². The number of fused-ring (bicyclic) bond motifs is 2. The fourth-order valence-electron chi connectivity index (χ4n) is 3.68. The molecule has 3 aliphatic rings. The van der Waals surface area contributed by atoms with Crippen LogP contribution in [0.2, 0.25) is 5.02 Å². The average Bonchev–Trinajstić information content (AvgIpc) is 3.01. The second kappa shape index (κ2) is 6.77. The maximum atomic E-state index is 12.9. The number of nitrogens with zero attached hydrogens (tertiary/aromatic N) is 2. The van der Waals surface area contributed by atoms with Crippen LogP contribution in [0.5, 0.6) is 0 Å². The van der Waals surface area contributed by atoms with Crippen LogP contribution < -0.4 is 10.6 Å². The molecule has 4 amide bonds. The van der Waals surface area contributed by atoms with Crippen LogP contribution in [0.15, 0.2) is 18.2 Å². The Balaban J connectivity index is 1.54. The van der Waals surface area contributed by atoms with Gasteiger partial charge in [0.25, 0.3) is 5.91 Å². The quantitative estimate of drug-likeness (QED) is 0.760. The Morgan fingerprint density at radius 3 is 2.77 bits per heavy atom. The molecule has 0 radical (unpaired) electrons. The van der Waals surface area contributed by atoms with Crippen molar-refractivity contribution < 1.29 is 19.1 Å². The molecule has 2 atom stereocenters. The van der Waals surface area contributed by atoms with Gasteiger partial charge in [-0.2, -0.15) is 0 Å². The number of ether oxygens (including phenoxy) is 1. The van der Waals surface area contributed by atoms with Gasteiger partial charge in [0.2, 0.25) is 5.91 Å². The third-order valence-electron chi connectivity index (χ3n) is 5.00. The molecule has 1 aromatic carbocycles. The predicted molar refractivity (Wildman–Crippen MR) is 94.2 cm³/mol. The third-order valence-corrected chi connectivity index (χ3v) is 5.24. The van der Waals surface area contributed by atoms with Crippen molar-refractivity contribution in [2.75, 3.05) is 38.2 Å². The molecule has 2 saturated heterocycles. The van der Waals surface area contributed by atoms with E-state index in [4.69, 9.17) is 16.3 Å². The Morgan fingerprint density at radius 2 is 2.00 bits per heavy atom. The van der Waals surface area contributed by atoms with Gasteiger partial charge in [0, 0.05) is 24.7 Å². The molecule has 138 valence electrons. The Labute approximate surface area is 155 Å². The molecular weight excluding hydrogens is 360 g/mol. The lowest BCUT2D eigenvalue weighted by Crippen LogP contribution is -2.55. The highest BCUT2D eigenvalue weighted by Crippen LogP contribution is 2.30. The second-order valence-corrected chi connectivity index (χ2v) is 7.00. The largest absolute Gasteiger partial charge is 0.378 e. The highest BCUT2D eigenvalue weighted by atomic mass is 35.5. The standard InChI is InChI=1S/C17H19ClN4O4/c18-10-1-2-11-13(9-10)19-15(23)14-12(3-4-22(14)16(11)24)20-17(25)21-5-7-26-8-6-21/h1-2,9,12,14H,3-8H2,(H,19,23)(H,20,25). The number of carbonyl (C=O) groups is 3. The fourth-order valence-corrected chi connectivity index (χ4v) is 3.85. The van der Waals surface area contributed by atoms with Gasteiger partial charge in [-0.25, -0.2) is 4.79 Å². The molecule has 3 heterocycles. The summed E-state index contributed by atoms with van der Waals surface area (Å²) in [5.41, 5.74) is 0.811. The van der Waals surface area contributed by atoms with E-state index >= 15 is 0 Å². The zero-order chi connectivity index (χ0) is 18.3. The van der Waals surface area contributed by atoms with Gasteiger partial charge in [0.15, 0.2) is 0 Å². The van der Waals surface area contributed by atoms with Gasteiger partial charge >= 0.3 is 6.03 Å². The normalized spacial score (nSPS) is 25.3. The van der Waals surface area contributed by atoms with E-state index in [2.05, 4.69) is 10.6 Å². The Hall–Kier alpha value is -2.32. The maximum Gasteiger partial charge on any atom is 0.317 e. The highest BCUT2D eigenvalue weighted by Gasteiger charge is 2.45. The first-order valence-electron chi connectivity index (χ1n) is 8.59. The third kappa shape index (κ3) is 2.99. The topological polar surface area (TPSA) is 91.0 Å². The van der Waals surface area contributed by atoms with Crippen molar-refractivity contribution in [3.63, 3.8) is 0 Å². The molecule has 2 N–H and O–H groups in total. The number of carbonyl (C=O) groups excluding carboxylic acids is 3. The summed E-state index contributed by atoms with van der Waals surface area (Å²) in [6, 6.07) is 3.40. The van der Waals surface area contributed by atoms with Crippen LogP contribution in [0.3, 0.4) is 0 Å². The molecule has 0 saturated carbocycles. The SMILES string of the molecule is O=C1Nc2cc(Cl)ccc2C(=O)N2CCC(NC(=O)N3CCOCC3)C12. The number of urea groups is 1. The number of hydrogen-bond donors (Lipinski definition) is 2. The van der Waals surface area contributed by atoms with Crippen LogP contribution in [0.25, 0.3) is 0 Å². The Kier molecular flexibility index (Phi) is 4.46. The Bertz CT molecular complexity index is 765. The molecule has 1 aromatic rings. The van der Waals surface area contributed by atoms with E-state index in [0.29, 0.717) is 55.5 Å². The molecule has 0 bridgehead atoms. The number of nitrogens with one attached hydrogen (secondary N) is 2. The molecular formula is C17H19ClN4O4. The van der Waals surface area contributed by atoms with Gasteiger partial charge in [-0.1, -0.05) is 11.6 Å². The van der Waals surface area contributed by atoms with Crippen molar-refractivity contribution in [1.29, 1.82) is 0 Å². The number of anilines is 1. The minimum atomic E-state index is -0.737. The lowest BCUT2D eigenvalue weighted by Gasteiger charge is -2.30. The van der Waals surface area contributed by atoms with Crippen molar-refractivity contribution in [3.8, 4) is 0 Å². The van der Waals surface area contributed by atoms with E-state index in [-0.39, 0.29) is 17.8 Å². The van der Waals surface area contributed by atoms with E-state index in [1.807, 2.05) is 0 Å². The smallest absolute Gasteiger partial charge is 0.317 e. The van der Waals surface area contributed by atoms with E-state index in [9.17, 15) is 14.4 Å². The summed E-state index contributed by atoms with van der Waals surface area (Å²) >= 11 is 5.98. The average molecular weight is 379 g/mol. The maximum absolute atomic E-state index is 12.9. The molecule has 3 aliphatic heterocycles. The molecule has 0 aliphatic carbocycles. The number of halogens is 1. The van der Waals surface area contributed by atoms with Crippen LogP contribution in [-0.2, 0) is 9.53 Å². The van der Waals surface area contributed by atoms with Crippen LogP contribution in [0.4, 0.5) is 10.5 Å². The molecule has 0 spiro atoms. The Morgan fingerprint density at radius 1 is 1.23 bits per heavy atom. The summed E-state index contributed by atoms with van der Waals surface area (Å²) in [5, 5.41) is 6.13. The minimum absolute atomic E-state index is 0.231. The monoisotopic (exact) mass is 378 g/mol. The minimum Gasteiger partial charge on any atom is -0.378 e. The molecule has 26 heavy (non-hydrogen) atoms. The van der Waals surface area contributed by atoms with Gasteiger partial charge in [-0.05, 0) is 24.6 Å². The lowest BCUT2D eigenvalue weighted by atomic mass is 10.1. The molecule has 9 heteroatoms. The number of morpholine rings is 1. The van der Waals surface area contributed by atoms with Crippen LogP contribution >= 0.6 is 11.6 Å². The summed E-state index contributed by atoms with van der Waals surface area (Å²) in [4.78, 5) is 41.3. The summed E-state index contributed by atoms with van der Waals surface area (Å²) in [5.74, 6) is -0.549. The number of amides is 4. The summed E-state index contributed by atoms with van der Waals surface area (Å²) in [6.45, 7) is 2.45. The van der Waals surface area contributed by atoms with Crippen molar-refractivity contribution in [2.45, 2.75) is 18.5 Å².